The lowest BCUT2D eigenvalue weighted by atomic mass is 10.2. The third-order valence-electron chi connectivity index (χ3n) is 2.18. The number of halogens is 1. The van der Waals surface area contributed by atoms with Crippen molar-refractivity contribution in [3.8, 4) is 0 Å². The predicted molar refractivity (Wildman–Crippen MR) is 62.1 cm³/mol. The molecular formula is C8H4BClN4S. The molecule has 0 saturated heterocycles. The Morgan fingerprint density at radius 2 is 2.20 bits per heavy atom. The number of nitrogens with zero attached hydrogens (tertiary/aromatic N) is 4. The lowest BCUT2D eigenvalue weighted by molar-refractivity contribution is 0.950. The summed E-state index contributed by atoms with van der Waals surface area (Å²) < 4.78 is 1.87. The number of imidazole rings is 1. The van der Waals surface area contributed by atoms with E-state index in [4.69, 9.17) is 19.4 Å². The minimum atomic E-state index is 0.391. The fourth-order valence-electron chi connectivity index (χ4n) is 1.56. The van der Waals surface area contributed by atoms with Gasteiger partial charge in [0.1, 0.15) is 21.4 Å². The van der Waals surface area contributed by atoms with Crippen molar-refractivity contribution in [1.29, 1.82) is 0 Å². The van der Waals surface area contributed by atoms with Gasteiger partial charge in [0, 0.05) is 12.0 Å². The highest BCUT2D eigenvalue weighted by atomic mass is 35.5. The minimum absolute atomic E-state index is 0.391. The summed E-state index contributed by atoms with van der Waals surface area (Å²) in [6.07, 6.45) is 1.69. The van der Waals surface area contributed by atoms with Crippen molar-refractivity contribution in [2.45, 2.75) is 0 Å². The topological polar surface area (TPSA) is 43.6 Å². The number of rotatable bonds is 0. The molecule has 0 aliphatic carbocycles. The number of aryl methyl sites for hydroxylation is 1. The number of fused-ring (bicyclic) bond motifs is 3. The standard InChI is InChI=1S/C8H4BClN4S/c1-14-2-11-3-5(14)4-7(13-6(3)10)15-8(9)12-4/h2H,1H3. The van der Waals surface area contributed by atoms with Gasteiger partial charge in [0.15, 0.2) is 13.0 Å². The fraction of sp³-hybridized carbons (Fsp3) is 0.125. The van der Waals surface area contributed by atoms with Crippen molar-refractivity contribution in [3.05, 3.63) is 11.5 Å². The molecule has 0 aliphatic heterocycles. The second-order valence-electron chi connectivity index (χ2n) is 3.16. The van der Waals surface area contributed by atoms with E-state index in [1.54, 1.807) is 6.33 Å². The average molecular weight is 234 g/mol. The van der Waals surface area contributed by atoms with Gasteiger partial charge in [-0.1, -0.05) is 11.6 Å². The first-order chi connectivity index (χ1) is 7.16. The van der Waals surface area contributed by atoms with Crippen LogP contribution in [0.2, 0.25) is 5.15 Å². The molecule has 0 unspecified atom stereocenters. The molecule has 4 nitrogen and oxygen atoms in total. The van der Waals surface area contributed by atoms with Gasteiger partial charge in [0.2, 0.25) is 0 Å². The zero-order chi connectivity index (χ0) is 10.6. The summed E-state index contributed by atoms with van der Waals surface area (Å²) in [6.45, 7) is 0. The summed E-state index contributed by atoms with van der Waals surface area (Å²) in [5.74, 6) is 0. The van der Waals surface area contributed by atoms with Gasteiger partial charge in [0.25, 0.3) is 0 Å². The SMILES string of the molecule is [B]c1nc2c(nc(Cl)c3ncn(C)c32)s1. The maximum atomic E-state index is 6.01. The molecule has 0 aromatic carbocycles. The van der Waals surface area contributed by atoms with Crippen LogP contribution in [0.15, 0.2) is 6.33 Å². The maximum absolute atomic E-state index is 6.01. The van der Waals surface area contributed by atoms with Crippen molar-refractivity contribution in [1.82, 2.24) is 19.5 Å². The molecule has 0 spiro atoms. The Hall–Kier alpha value is -1.14. The first-order valence-electron chi connectivity index (χ1n) is 4.19. The van der Waals surface area contributed by atoms with Crippen LogP contribution in [0.25, 0.3) is 21.4 Å². The van der Waals surface area contributed by atoms with Gasteiger partial charge in [-0.25, -0.2) is 15.0 Å². The first kappa shape index (κ1) is 9.12. The van der Waals surface area contributed by atoms with Gasteiger partial charge in [-0.3, -0.25) is 0 Å². The normalized spacial score (nSPS) is 11.6. The van der Waals surface area contributed by atoms with Crippen LogP contribution in [0.3, 0.4) is 0 Å². The second kappa shape index (κ2) is 2.93. The summed E-state index contributed by atoms with van der Waals surface area (Å²) in [5, 5.41) is 0.391. The second-order valence-corrected chi connectivity index (χ2v) is 4.53. The highest BCUT2D eigenvalue weighted by molar-refractivity contribution is 7.25. The molecule has 3 aromatic heterocycles. The molecule has 0 bridgehead atoms. The third kappa shape index (κ3) is 1.18. The molecule has 0 amide bonds. The largest absolute Gasteiger partial charge is 0.332 e. The highest BCUT2D eigenvalue weighted by Gasteiger charge is 2.13. The molecular weight excluding hydrogens is 230 g/mol. The number of hydrogen-bond acceptors (Lipinski definition) is 4. The fourth-order valence-corrected chi connectivity index (χ4v) is 2.54. The predicted octanol–water partition coefficient (Wildman–Crippen LogP) is 1.03. The minimum Gasteiger partial charge on any atom is -0.332 e. The molecule has 15 heavy (non-hydrogen) atoms. The maximum Gasteiger partial charge on any atom is 0.158 e. The summed E-state index contributed by atoms with van der Waals surface area (Å²) in [5.41, 5.74) is 2.30. The van der Waals surface area contributed by atoms with E-state index < -0.39 is 0 Å². The van der Waals surface area contributed by atoms with Crippen molar-refractivity contribution in [2.75, 3.05) is 0 Å². The number of thiazole rings is 1. The average Bonchev–Trinajstić information content (AvgIpc) is 2.69. The Kier molecular flexibility index (Phi) is 1.78. The van der Waals surface area contributed by atoms with Gasteiger partial charge >= 0.3 is 0 Å². The van der Waals surface area contributed by atoms with Crippen LogP contribution in [-0.2, 0) is 7.05 Å². The zero-order valence-corrected chi connectivity index (χ0v) is 9.30. The Balaban J connectivity index is 2.66. The van der Waals surface area contributed by atoms with E-state index in [9.17, 15) is 0 Å². The van der Waals surface area contributed by atoms with E-state index in [-0.39, 0.29) is 0 Å². The van der Waals surface area contributed by atoms with Crippen LogP contribution in [-0.4, -0.2) is 27.4 Å². The summed E-state index contributed by atoms with van der Waals surface area (Å²) >= 11 is 7.33. The van der Waals surface area contributed by atoms with Gasteiger partial charge in [-0.15, -0.1) is 11.3 Å². The van der Waals surface area contributed by atoms with Crippen LogP contribution < -0.4 is 4.91 Å². The monoisotopic (exact) mass is 234 g/mol. The molecule has 0 aliphatic rings. The summed E-state index contributed by atoms with van der Waals surface area (Å²) in [4.78, 5) is 13.8. The van der Waals surface area contributed by atoms with Gasteiger partial charge in [-0.2, -0.15) is 0 Å². The van der Waals surface area contributed by atoms with Crippen molar-refractivity contribution in [3.63, 3.8) is 0 Å². The van der Waals surface area contributed by atoms with Crippen LogP contribution in [0, 0.1) is 0 Å². The van der Waals surface area contributed by atoms with E-state index >= 15 is 0 Å². The van der Waals surface area contributed by atoms with Gasteiger partial charge in [-0.05, 0) is 0 Å². The number of hydrogen-bond donors (Lipinski definition) is 0. The number of aromatic nitrogens is 4. The Morgan fingerprint density at radius 3 is 3.00 bits per heavy atom. The molecule has 0 atom stereocenters. The smallest absolute Gasteiger partial charge is 0.158 e. The van der Waals surface area contributed by atoms with Crippen LogP contribution >= 0.6 is 22.9 Å². The van der Waals surface area contributed by atoms with Crippen LogP contribution in [0.5, 0.6) is 0 Å². The lowest BCUT2D eigenvalue weighted by Gasteiger charge is -1.96. The Morgan fingerprint density at radius 1 is 1.40 bits per heavy atom. The molecule has 0 saturated carbocycles. The molecule has 7 heteroatoms. The summed E-state index contributed by atoms with van der Waals surface area (Å²) in [6, 6.07) is 0. The molecule has 72 valence electrons. The van der Waals surface area contributed by atoms with Crippen LogP contribution in [0.4, 0.5) is 0 Å². The Labute approximate surface area is 95.3 Å². The first-order valence-corrected chi connectivity index (χ1v) is 5.39. The van der Waals surface area contributed by atoms with Crippen LogP contribution in [0.1, 0.15) is 0 Å². The molecule has 0 N–H and O–H groups in total. The van der Waals surface area contributed by atoms with Gasteiger partial charge < -0.3 is 4.57 Å². The van der Waals surface area contributed by atoms with E-state index in [0.29, 0.717) is 15.6 Å². The van der Waals surface area contributed by atoms with Crippen molar-refractivity contribution >= 4 is 57.1 Å². The quantitative estimate of drug-likeness (QED) is 0.431. The van der Waals surface area contributed by atoms with E-state index in [0.717, 1.165) is 15.9 Å². The highest BCUT2D eigenvalue weighted by Crippen LogP contribution is 2.27. The lowest BCUT2D eigenvalue weighted by Crippen LogP contribution is -1.97. The molecule has 2 radical (unpaired) electrons. The summed E-state index contributed by atoms with van der Waals surface area (Å²) in [7, 11) is 7.53. The molecule has 3 heterocycles. The van der Waals surface area contributed by atoms with Gasteiger partial charge in [0.05, 0.1) is 6.33 Å². The zero-order valence-electron chi connectivity index (χ0n) is 7.73. The van der Waals surface area contributed by atoms with E-state index in [1.807, 2.05) is 11.6 Å². The molecule has 3 rings (SSSR count). The third-order valence-corrected chi connectivity index (χ3v) is 3.22. The van der Waals surface area contributed by atoms with Crippen molar-refractivity contribution < 1.29 is 0 Å². The Bertz CT molecular complexity index is 674. The van der Waals surface area contributed by atoms with Crippen molar-refractivity contribution in [2.24, 2.45) is 7.05 Å². The molecule has 3 aromatic rings. The molecule has 0 fully saturated rings. The van der Waals surface area contributed by atoms with E-state index in [2.05, 4.69) is 15.0 Å². The number of pyridine rings is 1. The van der Waals surface area contributed by atoms with E-state index in [1.165, 1.54) is 11.3 Å².